The molecule has 4 aromatic rings. The number of carbonyl (C=O) groups excluding carboxylic acids is 2. The summed E-state index contributed by atoms with van der Waals surface area (Å²) in [6.45, 7) is 5.03. The lowest BCUT2D eigenvalue weighted by atomic mass is 10.2. The first-order valence-electron chi connectivity index (χ1n) is 9.86. The fourth-order valence-electron chi connectivity index (χ4n) is 3.35. The van der Waals surface area contributed by atoms with E-state index >= 15 is 0 Å². The summed E-state index contributed by atoms with van der Waals surface area (Å²) in [6.07, 6.45) is 1.35. The maximum absolute atomic E-state index is 13.1. The van der Waals surface area contributed by atoms with Gasteiger partial charge in [0, 0.05) is 12.3 Å². The van der Waals surface area contributed by atoms with Gasteiger partial charge in [0.2, 0.25) is 11.6 Å². The van der Waals surface area contributed by atoms with Crippen molar-refractivity contribution in [3.63, 3.8) is 0 Å². The van der Waals surface area contributed by atoms with Crippen LogP contribution in [0.4, 0.5) is 10.8 Å². The highest BCUT2D eigenvalue weighted by Gasteiger charge is 2.24. The van der Waals surface area contributed by atoms with Crippen LogP contribution >= 0.6 is 11.3 Å². The molecule has 0 aliphatic heterocycles. The van der Waals surface area contributed by atoms with Gasteiger partial charge in [0.1, 0.15) is 23.0 Å². The molecule has 0 saturated carbocycles. The Hall–Kier alpha value is -3.79. The number of thiazole rings is 1. The number of carbonyl (C=O) groups is 2. The molecule has 0 bridgehead atoms. The number of ether oxygens (including phenoxy) is 1. The number of anilines is 2. The van der Waals surface area contributed by atoms with Gasteiger partial charge in [-0.2, -0.15) is 0 Å². The van der Waals surface area contributed by atoms with Crippen LogP contribution in [0.1, 0.15) is 35.7 Å². The van der Waals surface area contributed by atoms with Crippen LogP contribution in [0.25, 0.3) is 11.1 Å². The zero-order valence-corrected chi connectivity index (χ0v) is 18.5. The van der Waals surface area contributed by atoms with Gasteiger partial charge in [-0.25, -0.2) is 14.8 Å². The van der Waals surface area contributed by atoms with Crippen molar-refractivity contribution in [3.05, 3.63) is 69.4 Å². The SMILES string of the molecule is CCOC(=O)c1c(C)oc2ncn(Cc3csc(N(C(C)=O)c4ccccc4)n3)c(=O)c12. The molecule has 3 heterocycles. The number of hydrogen-bond acceptors (Lipinski definition) is 8. The van der Waals surface area contributed by atoms with Crippen molar-refractivity contribution < 1.29 is 18.7 Å². The molecule has 0 unspecified atom stereocenters. The summed E-state index contributed by atoms with van der Waals surface area (Å²) in [6, 6.07) is 9.20. The molecule has 1 amide bonds. The van der Waals surface area contributed by atoms with E-state index < -0.39 is 11.5 Å². The van der Waals surface area contributed by atoms with E-state index in [2.05, 4.69) is 9.97 Å². The lowest BCUT2D eigenvalue weighted by molar-refractivity contribution is -0.115. The molecule has 0 atom stereocenters. The Balaban J connectivity index is 1.69. The Labute approximate surface area is 186 Å². The number of para-hydroxylation sites is 1. The minimum absolute atomic E-state index is 0.0774. The molecule has 9 nitrogen and oxygen atoms in total. The van der Waals surface area contributed by atoms with Gasteiger partial charge in [-0.3, -0.25) is 19.1 Å². The molecule has 0 radical (unpaired) electrons. The van der Waals surface area contributed by atoms with E-state index in [-0.39, 0.29) is 41.5 Å². The fourth-order valence-corrected chi connectivity index (χ4v) is 4.23. The van der Waals surface area contributed by atoms with Crippen LogP contribution in [0.5, 0.6) is 0 Å². The maximum atomic E-state index is 13.1. The number of nitrogens with zero attached hydrogens (tertiary/aromatic N) is 4. The van der Waals surface area contributed by atoms with Crippen LogP contribution in [0, 0.1) is 6.92 Å². The molecule has 0 spiro atoms. The number of aromatic nitrogens is 3. The Bertz CT molecular complexity index is 1360. The van der Waals surface area contributed by atoms with Gasteiger partial charge in [-0.15, -0.1) is 11.3 Å². The summed E-state index contributed by atoms with van der Waals surface area (Å²) < 4.78 is 11.9. The number of furan rings is 1. The van der Waals surface area contributed by atoms with Crippen molar-refractivity contribution >= 4 is 45.1 Å². The molecule has 32 heavy (non-hydrogen) atoms. The zero-order valence-electron chi connectivity index (χ0n) is 17.7. The van der Waals surface area contributed by atoms with E-state index in [1.54, 1.807) is 19.2 Å². The second kappa shape index (κ2) is 8.75. The topological polar surface area (TPSA) is 108 Å². The average molecular weight is 452 g/mol. The number of aryl methyl sites for hydroxylation is 1. The second-order valence-electron chi connectivity index (χ2n) is 6.92. The molecule has 0 fully saturated rings. The van der Waals surface area contributed by atoms with Crippen molar-refractivity contribution in [2.75, 3.05) is 11.5 Å². The van der Waals surface area contributed by atoms with Gasteiger partial charge in [-0.1, -0.05) is 18.2 Å². The van der Waals surface area contributed by atoms with Crippen LogP contribution in [0.15, 0.2) is 51.3 Å². The highest BCUT2D eigenvalue weighted by Crippen LogP contribution is 2.29. The summed E-state index contributed by atoms with van der Waals surface area (Å²) in [5.74, 6) is -0.529. The first kappa shape index (κ1) is 21.4. The lowest BCUT2D eigenvalue weighted by Gasteiger charge is -2.17. The Morgan fingerprint density at radius 3 is 2.69 bits per heavy atom. The van der Waals surface area contributed by atoms with E-state index in [9.17, 15) is 14.4 Å². The molecule has 0 aliphatic rings. The number of benzene rings is 1. The molecule has 4 rings (SSSR count). The first-order valence-corrected chi connectivity index (χ1v) is 10.7. The molecule has 3 aromatic heterocycles. The van der Waals surface area contributed by atoms with E-state index in [4.69, 9.17) is 9.15 Å². The van der Waals surface area contributed by atoms with Gasteiger partial charge >= 0.3 is 5.97 Å². The van der Waals surface area contributed by atoms with Crippen LogP contribution < -0.4 is 10.5 Å². The van der Waals surface area contributed by atoms with Crippen molar-refractivity contribution in [1.82, 2.24) is 14.5 Å². The molecular weight excluding hydrogens is 432 g/mol. The quantitative estimate of drug-likeness (QED) is 0.411. The van der Waals surface area contributed by atoms with Gasteiger partial charge in [-0.05, 0) is 26.0 Å². The van der Waals surface area contributed by atoms with Crippen molar-refractivity contribution in [2.45, 2.75) is 27.3 Å². The largest absolute Gasteiger partial charge is 0.462 e. The summed E-state index contributed by atoms with van der Waals surface area (Å²) in [7, 11) is 0. The minimum atomic E-state index is -0.628. The van der Waals surface area contributed by atoms with Crippen molar-refractivity contribution in [1.29, 1.82) is 0 Å². The highest BCUT2D eigenvalue weighted by molar-refractivity contribution is 7.14. The van der Waals surface area contributed by atoms with Crippen LogP contribution in [-0.4, -0.2) is 33.0 Å². The fraction of sp³-hybridized carbons (Fsp3) is 0.227. The van der Waals surface area contributed by atoms with Gasteiger partial charge in [0.25, 0.3) is 5.56 Å². The third-order valence-corrected chi connectivity index (χ3v) is 5.60. The monoisotopic (exact) mass is 452 g/mol. The Morgan fingerprint density at radius 2 is 2.00 bits per heavy atom. The number of rotatable bonds is 6. The minimum Gasteiger partial charge on any atom is -0.462 e. The molecule has 1 aromatic carbocycles. The maximum Gasteiger partial charge on any atom is 0.342 e. The molecule has 10 heteroatoms. The predicted molar refractivity (Wildman–Crippen MR) is 119 cm³/mol. The normalized spacial score (nSPS) is 11.0. The van der Waals surface area contributed by atoms with Crippen molar-refractivity contribution in [2.24, 2.45) is 0 Å². The van der Waals surface area contributed by atoms with Crippen LogP contribution in [-0.2, 0) is 16.1 Å². The van der Waals surface area contributed by atoms with Gasteiger partial charge in [0.15, 0.2) is 5.13 Å². The van der Waals surface area contributed by atoms with E-state index in [1.165, 1.54) is 34.1 Å². The van der Waals surface area contributed by atoms with Crippen LogP contribution in [0.3, 0.4) is 0 Å². The Morgan fingerprint density at radius 1 is 1.25 bits per heavy atom. The summed E-state index contributed by atoms with van der Waals surface area (Å²) in [5, 5.41) is 2.35. The van der Waals surface area contributed by atoms with E-state index in [1.807, 2.05) is 30.3 Å². The smallest absolute Gasteiger partial charge is 0.342 e. The number of esters is 1. The lowest BCUT2D eigenvalue weighted by Crippen LogP contribution is -2.24. The summed E-state index contributed by atoms with van der Waals surface area (Å²) in [5.41, 5.74) is 1.01. The number of amides is 1. The standard InChI is InChI=1S/C22H20N4O5S/c1-4-30-21(29)17-13(2)31-19-18(17)20(28)25(12-23-19)10-15-11-32-22(24-15)26(14(3)27)16-8-6-5-7-9-16/h5-9,11-12H,4,10H2,1-3H3. The molecule has 0 saturated heterocycles. The molecule has 0 N–H and O–H groups in total. The highest BCUT2D eigenvalue weighted by atomic mass is 32.1. The second-order valence-corrected chi connectivity index (χ2v) is 7.76. The van der Waals surface area contributed by atoms with Gasteiger partial charge in [0.05, 0.1) is 24.5 Å². The average Bonchev–Trinajstić information content (AvgIpc) is 3.35. The molecule has 0 aliphatic carbocycles. The van der Waals surface area contributed by atoms with Crippen LogP contribution in [0.2, 0.25) is 0 Å². The summed E-state index contributed by atoms with van der Waals surface area (Å²) in [4.78, 5) is 47.9. The third kappa shape index (κ3) is 3.92. The van der Waals surface area contributed by atoms with Crippen molar-refractivity contribution in [3.8, 4) is 0 Å². The number of fused-ring (bicyclic) bond motifs is 1. The summed E-state index contributed by atoms with van der Waals surface area (Å²) >= 11 is 1.29. The zero-order chi connectivity index (χ0) is 22.8. The molecule has 164 valence electrons. The van der Waals surface area contributed by atoms with E-state index in [0.717, 1.165) is 0 Å². The Kier molecular flexibility index (Phi) is 5.87. The van der Waals surface area contributed by atoms with E-state index in [0.29, 0.717) is 16.5 Å². The predicted octanol–water partition coefficient (Wildman–Crippen LogP) is 3.66. The molecular formula is C22H20N4O5S. The first-order chi connectivity index (χ1) is 15.4. The van der Waals surface area contributed by atoms with Gasteiger partial charge < -0.3 is 9.15 Å². The number of hydrogen-bond donors (Lipinski definition) is 0. The third-order valence-electron chi connectivity index (χ3n) is 4.73.